The molecule has 12 nitrogen and oxygen atoms in total. The molecular formula is C31H35F2N7O5. The van der Waals surface area contributed by atoms with Gasteiger partial charge in [-0.25, -0.2) is 0 Å². The number of hydrogen-bond donors (Lipinski definition) is 3. The standard InChI is InChI=1S/C31H35F2N7O5/c1-4-43-31(42)18(2)39-12-14-40(15-13-39)26-24(32)29(44-21-7-5-6-20(16-21)28-36-10-11-38(28)3)37-30(25(26)33)45-23-17-19(27(34)35)8-9-22(23)41/h5-9,16-18,41H,4,10-15H2,1-3H3,(H3,34,35). The average Bonchev–Trinajstić information content (AvgIpc) is 3.46. The number of rotatable bonds is 10. The number of aromatic nitrogens is 1. The highest BCUT2D eigenvalue weighted by atomic mass is 19.1. The Labute approximate surface area is 259 Å². The molecule has 2 aliphatic rings. The molecule has 0 aliphatic carbocycles. The zero-order chi connectivity index (χ0) is 32.2. The molecule has 0 bridgehead atoms. The van der Waals surface area contributed by atoms with E-state index >= 15 is 8.78 Å². The van der Waals surface area contributed by atoms with Gasteiger partial charge in [-0.1, -0.05) is 12.1 Å². The quantitative estimate of drug-likeness (QED) is 0.173. The van der Waals surface area contributed by atoms with Crippen LogP contribution in [0.25, 0.3) is 0 Å². The Balaban J connectivity index is 1.50. The van der Waals surface area contributed by atoms with E-state index in [-0.39, 0.29) is 54.3 Å². The first kappa shape index (κ1) is 31.4. The van der Waals surface area contributed by atoms with Gasteiger partial charge >= 0.3 is 5.97 Å². The summed E-state index contributed by atoms with van der Waals surface area (Å²) in [4.78, 5) is 26.2. The number of carbonyl (C=O) groups excluding carboxylic acids is 1. The Morgan fingerprint density at radius 3 is 2.42 bits per heavy atom. The number of piperazine rings is 1. The number of likely N-dealkylation sites (N-methyl/N-ethyl adjacent to an activating group) is 1. The number of benzene rings is 2. The van der Waals surface area contributed by atoms with E-state index in [1.807, 2.05) is 22.9 Å². The highest BCUT2D eigenvalue weighted by Gasteiger charge is 2.32. The number of halogens is 2. The van der Waals surface area contributed by atoms with Crippen LogP contribution < -0.4 is 20.1 Å². The maximum atomic E-state index is 16.2. The molecule has 1 saturated heterocycles. The number of hydrogen-bond acceptors (Lipinski definition) is 11. The number of amidine groups is 2. The summed E-state index contributed by atoms with van der Waals surface area (Å²) in [5, 5.41) is 18.1. The zero-order valence-electron chi connectivity index (χ0n) is 25.2. The van der Waals surface area contributed by atoms with E-state index in [9.17, 15) is 9.90 Å². The van der Waals surface area contributed by atoms with Crippen molar-refractivity contribution in [2.24, 2.45) is 10.7 Å². The van der Waals surface area contributed by atoms with Crippen LogP contribution in [-0.2, 0) is 9.53 Å². The number of ether oxygens (including phenoxy) is 3. The van der Waals surface area contributed by atoms with E-state index in [2.05, 4.69) is 9.98 Å². The van der Waals surface area contributed by atoms with Crippen molar-refractivity contribution in [3.63, 3.8) is 0 Å². The first-order valence-corrected chi connectivity index (χ1v) is 14.5. The number of aromatic hydroxyl groups is 1. The van der Waals surface area contributed by atoms with Crippen LogP contribution in [0, 0.1) is 17.0 Å². The van der Waals surface area contributed by atoms with E-state index in [0.29, 0.717) is 19.6 Å². The fourth-order valence-corrected chi connectivity index (χ4v) is 5.17. The summed E-state index contributed by atoms with van der Waals surface area (Å²) < 4.78 is 49.0. The monoisotopic (exact) mass is 623 g/mol. The van der Waals surface area contributed by atoms with E-state index < -0.39 is 35.1 Å². The number of aliphatic imine (C=N–C) groups is 1. The second-order valence-electron chi connectivity index (χ2n) is 10.6. The van der Waals surface area contributed by atoms with Crippen molar-refractivity contribution >= 4 is 23.3 Å². The summed E-state index contributed by atoms with van der Waals surface area (Å²) in [6.45, 7) is 6.12. The Morgan fingerprint density at radius 2 is 1.78 bits per heavy atom. The molecule has 0 radical (unpaired) electrons. The molecule has 14 heteroatoms. The lowest BCUT2D eigenvalue weighted by Crippen LogP contribution is -2.52. The van der Waals surface area contributed by atoms with Gasteiger partial charge in [0, 0.05) is 50.9 Å². The fraction of sp³-hybridized carbons (Fsp3) is 0.355. The third kappa shape index (κ3) is 6.75. The number of carbonyl (C=O) groups is 1. The fourth-order valence-electron chi connectivity index (χ4n) is 5.17. The lowest BCUT2D eigenvalue weighted by molar-refractivity contribution is -0.149. The Kier molecular flexibility index (Phi) is 9.32. The highest BCUT2D eigenvalue weighted by Crippen LogP contribution is 2.40. The number of phenols is 1. The third-order valence-electron chi connectivity index (χ3n) is 7.64. The van der Waals surface area contributed by atoms with Crippen LogP contribution in [0.2, 0.25) is 0 Å². The van der Waals surface area contributed by atoms with Crippen LogP contribution in [0.15, 0.2) is 47.5 Å². The van der Waals surface area contributed by atoms with Crippen LogP contribution in [-0.4, -0.2) is 96.5 Å². The van der Waals surface area contributed by atoms with E-state index in [0.717, 1.165) is 17.9 Å². The molecule has 0 amide bonds. The molecule has 1 unspecified atom stereocenters. The average molecular weight is 624 g/mol. The molecule has 2 aliphatic heterocycles. The largest absolute Gasteiger partial charge is 0.504 e. The number of nitrogens with zero attached hydrogens (tertiary/aromatic N) is 5. The highest BCUT2D eigenvalue weighted by molar-refractivity contribution is 6.00. The zero-order valence-corrected chi connectivity index (χ0v) is 25.2. The SMILES string of the molecule is CCOC(=O)C(C)N1CCN(c2c(F)c(Oc3cccc(C4=NCCN4C)c3)nc(Oc3cc(C(=N)N)ccc3O)c2F)CC1. The number of nitrogens with one attached hydrogen (secondary N) is 1. The number of pyridine rings is 1. The number of esters is 1. The van der Waals surface area contributed by atoms with E-state index in [4.69, 9.17) is 25.4 Å². The second kappa shape index (κ2) is 13.3. The van der Waals surface area contributed by atoms with Gasteiger partial charge in [0.1, 0.15) is 29.1 Å². The minimum atomic E-state index is -1.12. The van der Waals surface area contributed by atoms with Gasteiger partial charge in [0.2, 0.25) is 11.6 Å². The van der Waals surface area contributed by atoms with E-state index in [1.165, 1.54) is 23.1 Å². The van der Waals surface area contributed by atoms with Gasteiger partial charge in [0.05, 0.1) is 13.2 Å². The summed E-state index contributed by atoms with van der Waals surface area (Å²) in [6.07, 6.45) is 0. The predicted molar refractivity (Wildman–Crippen MR) is 164 cm³/mol. The van der Waals surface area contributed by atoms with E-state index in [1.54, 1.807) is 32.0 Å². The summed E-state index contributed by atoms with van der Waals surface area (Å²) in [5.41, 5.74) is 6.11. The maximum Gasteiger partial charge on any atom is 0.323 e. The Hall–Kier alpha value is -4.98. The molecular weight excluding hydrogens is 588 g/mol. The molecule has 0 spiro atoms. The van der Waals surface area contributed by atoms with Crippen molar-refractivity contribution in [2.45, 2.75) is 19.9 Å². The first-order valence-electron chi connectivity index (χ1n) is 14.5. The van der Waals surface area contributed by atoms with Crippen LogP contribution in [0.5, 0.6) is 29.0 Å². The van der Waals surface area contributed by atoms with Gasteiger partial charge in [-0.05, 0) is 44.2 Å². The summed E-state index contributed by atoms with van der Waals surface area (Å²) in [6, 6.07) is 10.2. The second-order valence-corrected chi connectivity index (χ2v) is 10.6. The van der Waals surface area contributed by atoms with Crippen molar-refractivity contribution in [1.29, 1.82) is 5.41 Å². The molecule has 2 aromatic carbocycles. The van der Waals surface area contributed by atoms with Gasteiger partial charge in [-0.2, -0.15) is 13.8 Å². The van der Waals surface area contributed by atoms with Crippen molar-refractivity contribution in [3.8, 4) is 29.0 Å². The predicted octanol–water partition coefficient (Wildman–Crippen LogP) is 3.70. The van der Waals surface area contributed by atoms with Gasteiger partial charge in [0.15, 0.2) is 11.5 Å². The number of phenolic OH excluding ortho intramolecular Hbond substituents is 1. The van der Waals surface area contributed by atoms with Crippen molar-refractivity contribution in [3.05, 3.63) is 65.2 Å². The van der Waals surface area contributed by atoms with Crippen LogP contribution in [0.4, 0.5) is 14.5 Å². The van der Waals surface area contributed by atoms with Crippen LogP contribution >= 0.6 is 0 Å². The van der Waals surface area contributed by atoms with Gasteiger partial charge < -0.3 is 34.9 Å². The molecule has 1 fully saturated rings. The smallest absolute Gasteiger partial charge is 0.323 e. The Bertz CT molecular complexity index is 1630. The minimum Gasteiger partial charge on any atom is -0.504 e. The number of anilines is 1. The van der Waals surface area contributed by atoms with Gasteiger partial charge in [-0.3, -0.25) is 20.1 Å². The van der Waals surface area contributed by atoms with Crippen molar-refractivity contribution in [1.82, 2.24) is 14.8 Å². The normalized spacial score (nSPS) is 15.9. The molecule has 3 aromatic rings. The lowest BCUT2D eigenvalue weighted by atomic mass is 10.2. The molecule has 0 saturated carbocycles. The van der Waals surface area contributed by atoms with Crippen molar-refractivity contribution in [2.75, 3.05) is 57.8 Å². The first-order chi connectivity index (χ1) is 21.6. The molecule has 3 heterocycles. The molecule has 238 valence electrons. The van der Waals surface area contributed by atoms with Gasteiger partial charge in [0.25, 0.3) is 11.8 Å². The minimum absolute atomic E-state index is 0.174. The topological polar surface area (TPSA) is 150 Å². The number of nitrogen functional groups attached to an aromatic ring is 1. The Morgan fingerprint density at radius 1 is 1.07 bits per heavy atom. The maximum absolute atomic E-state index is 16.2. The molecule has 5 rings (SSSR count). The van der Waals surface area contributed by atoms with Crippen LogP contribution in [0.1, 0.15) is 25.0 Å². The molecule has 45 heavy (non-hydrogen) atoms. The lowest BCUT2D eigenvalue weighted by Gasteiger charge is -2.38. The molecule has 1 atom stereocenters. The summed E-state index contributed by atoms with van der Waals surface area (Å²) >= 11 is 0. The number of nitrogens with two attached hydrogens (primary N) is 1. The van der Waals surface area contributed by atoms with Crippen molar-refractivity contribution < 1.29 is 32.9 Å². The third-order valence-corrected chi connectivity index (χ3v) is 7.64. The molecule has 4 N–H and O–H groups in total. The molecule has 1 aromatic heterocycles. The summed E-state index contributed by atoms with van der Waals surface area (Å²) in [7, 11) is 1.92. The van der Waals surface area contributed by atoms with Crippen LogP contribution in [0.3, 0.4) is 0 Å². The van der Waals surface area contributed by atoms with Gasteiger partial charge in [-0.15, -0.1) is 0 Å². The summed E-state index contributed by atoms with van der Waals surface area (Å²) in [5.74, 6) is -3.66.